The van der Waals surface area contributed by atoms with Gasteiger partial charge in [0.1, 0.15) is 5.82 Å². The highest BCUT2D eigenvalue weighted by atomic mass is 16.5. The third kappa shape index (κ3) is 3.94. The van der Waals surface area contributed by atoms with Crippen LogP contribution in [0.4, 0.5) is 0 Å². The zero-order chi connectivity index (χ0) is 21.4. The Morgan fingerprint density at radius 3 is 2.63 bits per heavy atom. The number of fused-ring (bicyclic) bond motifs is 1. The Labute approximate surface area is 177 Å². The molecule has 3 aromatic rings. The third-order valence-corrected chi connectivity index (χ3v) is 6.03. The number of rotatable bonds is 7. The SMILES string of the molecule is CO[C@H]1C[C@@H](c2nc3ccc(-c4cc(C)c(=O)n(C)c4)cc3n2CCOC(C)C)C1. The lowest BCUT2D eigenvalue weighted by Gasteiger charge is -2.34. The second-order valence-corrected chi connectivity index (χ2v) is 8.60. The first-order valence-electron chi connectivity index (χ1n) is 10.7. The van der Waals surface area contributed by atoms with Gasteiger partial charge in [-0.3, -0.25) is 4.79 Å². The first-order chi connectivity index (χ1) is 14.4. The number of benzene rings is 1. The summed E-state index contributed by atoms with van der Waals surface area (Å²) in [6.07, 6.45) is 4.46. The van der Waals surface area contributed by atoms with Crippen molar-refractivity contribution in [3.63, 3.8) is 0 Å². The van der Waals surface area contributed by atoms with Crippen LogP contribution in [0.15, 0.2) is 35.3 Å². The van der Waals surface area contributed by atoms with Crippen molar-refractivity contribution in [1.29, 1.82) is 0 Å². The summed E-state index contributed by atoms with van der Waals surface area (Å²) in [6.45, 7) is 7.40. The summed E-state index contributed by atoms with van der Waals surface area (Å²) in [4.78, 5) is 17.1. The van der Waals surface area contributed by atoms with Gasteiger partial charge in [-0.05, 0) is 62.9 Å². The van der Waals surface area contributed by atoms with Gasteiger partial charge in [-0.15, -0.1) is 0 Å². The van der Waals surface area contributed by atoms with Crippen LogP contribution in [0.3, 0.4) is 0 Å². The lowest BCUT2D eigenvalue weighted by atomic mass is 9.81. The summed E-state index contributed by atoms with van der Waals surface area (Å²) in [6, 6.07) is 8.32. The van der Waals surface area contributed by atoms with E-state index in [-0.39, 0.29) is 11.7 Å². The molecule has 6 nitrogen and oxygen atoms in total. The van der Waals surface area contributed by atoms with Crippen LogP contribution in [0.1, 0.15) is 44.0 Å². The average Bonchev–Trinajstić information content (AvgIpc) is 3.02. The Morgan fingerprint density at radius 2 is 1.97 bits per heavy atom. The summed E-state index contributed by atoms with van der Waals surface area (Å²) in [5.41, 5.74) is 5.02. The number of pyridine rings is 1. The molecule has 0 amide bonds. The van der Waals surface area contributed by atoms with Crippen molar-refractivity contribution in [2.24, 2.45) is 7.05 Å². The molecule has 1 aliphatic carbocycles. The van der Waals surface area contributed by atoms with E-state index in [1.54, 1.807) is 18.7 Å². The zero-order valence-corrected chi connectivity index (χ0v) is 18.5. The molecule has 2 heterocycles. The van der Waals surface area contributed by atoms with Crippen molar-refractivity contribution >= 4 is 11.0 Å². The molecule has 1 aromatic carbocycles. The molecule has 4 rings (SSSR count). The highest BCUT2D eigenvalue weighted by molar-refractivity contribution is 5.82. The van der Waals surface area contributed by atoms with Gasteiger partial charge in [0.25, 0.3) is 5.56 Å². The van der Waals surface area contributed by atoms with E-state index in [2.05, 4.69) is 36.6 Å². The Kier molecular flexibility index (Phi) is 5.80. The minimum atomic E-state index is 0.0377. The van der Waals surface area contributed by atoms with Crippen LogP contribution < -0.4 is 5.56 Å². The van der Waals surface area contributed by atoms with E-state index in [1.165, 1.54) is 0 Å². The molecular formula is C24H31N3O3. The Bertz CT molecular complexity index is 1080. The highest BCUT2D eigenvalue weighted by Crippen LogP contribution is 2.39. The van der Waals surface area contributed by atoms with Gasteiger partial charge in [0.05, 0.1) is 29.8 Å². The maximum Gasteiger partial charge on any atom is 0.253 e. The monoisotopic (exact) mass is 409 g/mol. The molecule has 2 aromatic heterocycles. The molecule has 0 atom stereocenters. The minimum absolute atomic E-state index is 0.0377. The fraction of sp³-hybridized carbons (Fsp3) is 0.500. The molecule has 0 radical (unpaired) electrons. The lowest BCUT2D eigenvalue weighted by Crippen LogP contribution is -2.31. The predicted octanol–water partition coefficient (Wildman–Crippen LogP) is 4.03. The maximum absolute atomic E-state index is 12.1. The van der Waals surface area contributed by atoms with Gasteiger partial charge < -0.3 is 18.6 Å². The van der Waals surface area contributed by atoms with Crippen molar-refractivity contribution in [2.45, 2.75) is 58.3 Å². The van der Waals surface area contributed by atoms with Crippen LogP contribution in [0.25, 0.3) is 22.2 Å². The van der Waals surface area contributed by atoms with E-state index in [0.29, 0.717) is 18.6 Å². The number of ether oxygens (including phenoxy) is 2. The van der Waals surface area contributed by atoms with Gasteiger partial charge in [0, 0.05) is 38.4 Å². The van der Waals surface area contributed by atoms with Gasteiger partial charge in [-0.2, -0.15) is 0 Å². The van der Waals surface area contributed by atoms with Crippen LogP contribution in [0.5, 0.6) is 0 Å². The van der Waals surface area contributed by atoms with Gasteiger partial charge in [-0.1, -0.05) is 6.07 Å². The van der Waals surface area contributed by atoms with Crippen molar-refractivity contribution in [3.8, 4) is 11.1 Å². The van der Waals surface area contributed by atoms with Gasteiger partial charge >= 0.3 is 0 Å². The number of nitrogens with zero attached hydrogens (tertiary/aromatic N) is 3. The molecule has 0 bridgehead atoms. The number of hydrogen-bond donors (Lipinski definition) is 0. The molecule has 1 aliphatic rings. The number of hydrogen-bond acceptors (Lipinski definition) is 4. The van der Waals surface area contributed by atoms with Crippen LogP contribution in [-0.2, 0) is 23.1 Å². The van der Waals surface area contributed by atoms with Gasteiger partial charge in [0.2, 0.25) is 0 Å². The van der Waals surface area contributed by atoms with E-state index < -0.39 is 0 Å². The van der Waals surface area contributed by atoms with Crippen molar-refractivity contribution in [3.05, 3.63) is 52.2 Å². The largest absolute Gasteiger partial charge is 0.381 e. The van der Waals surface area contributed by atoms with Gasteiger partial charge in [-0.25, -0.2) is 4.98 Å². The second kappa shape index (κ2) is 8.36. The van der Waals surface area contributed by atoms with Crippen molar-refractivity contribution in [1.82, 2.24) is 14.1 Å². The Balaban J connectivity index is 1.75. The van der Waals surface area contributed by atoms with Gasteiger partial charge in [0.15, 0.2) is 0 Å². The van der Waals surface area contributed by atoms with E-state index in [0.717, 1.165) is 52.9 Å². The molecular weight excluding hydrogens is 378 g/mol. The fourth-order valence-corrected chi connectivity index (χ4v) is 4.25. The minimum Gasteiger partial charge on any atom is -0.381 e. The number of imidazole rings is 1. The first-order valence-corrected chi connectivity index (χ1v) is 10.7. The second-order valence-electron chi connectivity index (χ2n) is 8.60. The van der Waals surface area contributed by atoms with Crippen LogP contribution in [0.2, 0.25) is 0 Å². The Hall–Kier alpha value is -2.44. The molecule has 0 saturated heterocycles. The summed E-state index contributed by atoms with van der Waals surface area (Å²) >= 11 is 0. The third-order valence-electron chi connectivity index (χ3n) is 6.03. The van der Waals surface area contributed by atoms with Crippen LogP contribution in [-0.4, -0.2) is 40.0 Å². The summed E-state index contributed by atoms with van der Waals surface area (Å²) in [7, 11) is 3.58. The normalized spacial score (nSPS) is 18.9. The molecule has 1 fully saturated rings. The molecule has 30 heavy (non-hydrogen) atoms. The smallest absolute Gasteiger partial charge is 0.253 e. The van der Waals surface area contributed by atoms with E-state index in [1.807, 2.05) is 19.2 Å². The average molecular weight is 410 g/mol. The molecule has 0 spiro atoms. The zero-order valence-electron chi connectivity index (χ0n) is 18.5. The summed E-state index contributed by atoms with van der Waals surface area (Å²) < 4.78 is 15.3. The molecule has 160 valence electrons. The number of aromatic nitrogens is 3. The quantitative estimate of drug-likeness (QED) is 0.591. The first kappa shape index (κ1) is 20.8. The van der Waals surface area contributed by atoms with Crippen molar-refractivity contribution < 1.29 is 9.47 Å². The maximum atomic E-state index is 12.1. The van der Waals surface area contributed by atoms with E-state index >= 15 is 0 Å². The predicted molar refractivity (Wildman–Crippen MR) is 119 cm³/mol. The van der Waals surface area contributed by atoms with Crippen LogP contribution in [0, 0.1) is 6.92 Å². The fourth-order valence-electron chi connectivity index (χ4n) is 4.25. The highest BCUT2D eigenvalue weighted by Gasteiger charge is 2.34. The molecule has 1 saturated carbocycles. The van der Waals surface area contributed by atoms with Crippen LogP contribution >= 0.6 is 0 Å². The lowest BCUT2D eigenvalue weighted by molar-refractivity contribution is 0.0220. The standard InChI is InChI=1S/C24H31N3O3/c1-15(2)30-9-8-27-22-13-17(19-10-16(3)24(28)26(4)14-19)6-7-21(22)25-23(27)18-11-20(12-18)29-5/h6-7,10,13-15,18,20H,8-9,11-12H2,1-5H3/t18-,20+. The molecule has 0 N–H and O–H groups in total. The molecule has 0 unspecified atom stereocenters. The van der Waals surface area contributed by atoms with Crippen molar-refractivity contribution in [2.75, 3.05) is 13.7 Å². The summed E-state index contributed by atoms with van der Waals surface area (Å²) in [5, 5.41) is 0. The van der Waals surface area contributed by atoms with E-state index in [9.17, 15) is 4.79 Å². The summed E-state index contributed by atoms with van der Waals surface area (Å²) in [5.74, 6) is 1.55. The number of aryl methyl sites for hydroxylation is 2. The molecule has 0 aliphatic heterocycles. The topological polar surface area (TPSA) is 58.3 Å². The Morgan fingerprint density at radius 1 is 1.20 bits per heavy atom. The number of methoxy groups -OCH3 is 1. The molecule has 6 heteroatoms. The van der Waals surface area contributed by atoms with E-state index in [4.69, 9.17) is 14.5 Å².